The minimum Gasteiger partial charge on any atom is -0.448 e. The van der Waals surface area contributed by atoms with Gasteiger partial charge in [-0.15, -0.1) is 0 Å². The molecule has 0 N–H and O–H groups in total. The van der Waals surface area contributed by atoms with E-state index in [1.165, 1.54) is 6.08 Å². The number of carbonyl (C=O) groups excluding carboxylic acids is 2. The Morgan fingerprint density at radius 3 is 2.00 bits per heavy atom. The highest BCUT2D eigenvalue weighted by molar-refractivity contribution is 7.92. The van der Waals surface area contributed by atoms with Gasteiger partial charge in [-0.1, -0.05) is 115 Å². The van der Waals surface area contributed by atoms with Gasteiger partial charge in [0, 0.05) is 0 Å². The lowest BCUT2D eigenvalue weighted by molar-refractivity contribution is -0.157. The SMILES string of the molecule is O=C(OC(c1ccccc1)c1ccccc1)C1=CCS(=O)(=O)[C@H]2C(C3CC3c3ccccc3-c3ccccc3)C(=O)N12. The summed E-state index contributed by atoms with van der Waals surface area (Å²) in [6.45, 7) is 0. The minimum atomic E-state index is -3.66. The standard InChI is InChI=1S/C35H29NO5S/c37-33-31(29-22-28(29)27-19-11-10-18-26(27)23-12-4-1-5-13-23)34-36(33)30(20-21-42(34,39)40)35(38)41-32(24-14-6-2-7-15-24)25-16-8-3-9-17-25/h1-20,28-29,31-32,34H,21-22H2/t28?,29?,31?,34-/m0/s1. The predicted octanol–water partition coefficient (Wildman–Crippen LogP) is 5.89. The van der Waals surface area contributed by atoms with Crippen molar-refractivity contribution in [3.05, 3.63) is 144 Å². The Bertz CT molecular complexity index is 1750. The van der Waals surface area contributed by atoms with Crippen molar-refractivity contribution in [1.29, 1.82) is 0 Å². The van der Waals surface area contributed by atoms with Gasteiger partial charge in [0.15, 0.2) is 21.3 Å². The Morgan fingerprint density at radius 1 is 0.786 bits per heavy atom. The number of sulfone groups is 1. The monoisotopic (exact) mass is 575 g/mol. The number of amides is 1. The molecular formula is C35H29NO5S. The Balaban J connectivity index is 1.14. The van der Waals surface area contributed by atoms with E-state index in [1.807, 2.05) is 91.0 Å². The third-order valence-electron chi connectivity index (χ3n) is 8.61. The molecule has 3 aliphatic rings. The molecule has 4 aromatic rings. The second-order valence-corrected chi connectivity index (χ2v) is 13.3. The summed E-state index contributed by atoms with van der Waals surface area (Å²) in [6.07, 6.45) is 1.35. The topological polar surface area (TPSA) is 80.8 Å². The first kappa shape index (κ1) is 26.4. The summed E-state index contributed by atoms with van der Waals surface area (Å²) in [7, 11) is -3.66. The van der Waals surface area contributed by atoms with Gasteiger partial charge in [-0.25, -0.2) is 13.2 Å². The first-order chi connectivity index (χ1) is 20.4. The van der Waals surface area contributed by atoms with Crippen LogP contribution in [0.25, 0.3) is 11.1 Å². The molecule has 1 amide bonds. The van der Waals surface area contributed by atoms with E-state index in [9.17, 15) is 18.0 Å². The molecule has 7 rings (SSSR count). The summed E-state index contributed by atoms with van der Waals surface area (Å²) in [4.78, 5) is 28.4. The van der Waals surface area contributed by atoms with Crippen LogP contribution in [0.3, 0.4) is 0 Å². The van der Waals surface area contributed by atoms with E-state index >= 15 is 0 Å². The quantitative estimate of drug-likeness (QED) is 0.203. The normalized spacial score (nSPS) is 23.9. The summed E-state index contributed by atoms with van der Waals surface area (Å²) in [5.41, 5.74) is 4.88. The van der Waals surface area contributed by atoms with Crippen molar-refractivity contribution in [2.45, 2.75) is 23.8 Å². The summed E-state index contributed by atoms with van der Waals surface area (Å²) in [6, 6.07) is 36.9. The van der Waals surface area contributed by atoms with Crippen molar-refractivity contribution in [1.82, 2.24) is 4.90 Å². The van der Waals surface area contributed by atoms with Crippen LogP contribution >= 0.6 is 0 Å². The molecular weight excluding hydrogens is 546 g/mol. The van der Waals surface area contributed by atoms with E-state index in [0.29, 0.717) is 0 Å². The Hall–Kier alpha value is -4.49. The van der Waals surface area contributed by atoms with E-state index in [1.54, 1.807) is 0 Å². The lowest BCUT2D eigenvalue weighted by Gasteiger charge is -2.48. The third-order valence-corrected chi connectivity index (χ3v) is 10.5. The first-order valence-electron chi connectivity index (χ1n) is 14.1. The molecule has 3 unspecified atom stereocenters. The maximum Gasteiger partial charge on any atom is 0.355 e. The molecule has 1 saturated heterocycles. The zero-order valence-corrected chi connectivity index (χ0v) is 23.6. The average molecular weight is 576 g/mol. The van der Waals surface area contributed by atoms with E-state index in [4.69, 9.17) is 4.74 Å². The fraction of sp³-hybridized carbons (Fsp3) is 0.200. The smallest absolute Gasteiger partial charge is 0.355 e. The van der Waals surface area contributed by atoms with Crippen molar-refractivity contribution in [3.8, 4) is 11.1 Å². The van der Waals surface area contributed by atoms with Gasteiger partial charge in [-0.2, -0.15) is 0 Å². The number of esters is 1. The number of benzene rings is 4. The Labute approximate surface area is 245 Å². The van der Waals surface area contributed by atoms with Crippen molar-refractivity contribution < 1.29 is 22.7 Å². The zero-order chi connectivity index (χ0) is 28.8. The molecule has 4 aromatic carbocycles. The molecule has 6 nitrogen and oxygen atoms in total. The third kappa shape index (κ3) is 4.54. The van der Waals surface area contributed by atoms with Crippen molar-refractivity contribution in [3.63, 3.8) is 0 Å². The number of hydrogen-bond donors (Lipinski definition) is 0. The highest BCUT2D eigenvalue weighted by atomic mass is 32.2. The van der Waals surface area contributed by atoms with E-state index in [0.717, 1.165) is 39.1 Å². The molecule has 1 aliphatic carbocycles. The molecule has 2 heterocycles. The molecule has 0 aromatic heterocycles. The van der Waals surface area contributed by atoms with Crippen LogP contribution in [-0.4, -0.2) is 36.3 Å². The van der Waals surface area contributed by atoms with Crippen molar-refractivity contribution in [2.75, 3.05) is 5.75 Å². The maximum absolute atomic E-state index is 13.7. The van der Waals surface area contributed by atoms with Crippen LogP contribution in [0.1, 0.15) is 35.1 Å². The number of fused-ring (bicyclic) bond motifs is 1. The number of rotatable bonds is 7. The van der Waals surface area contributed by atoms with Gasteiger partial charge >= 0.3 is 5.97 Å². The van der Waals surface area contributed by atoms with Crippen LogP contribution in [0.2, 0.25) is 0 Å². The van der Waals surface area contributed by atoms with Crippen LogP contribution in [0.5, 0.6) is 0 Å². The molecule has 0 bridgehead atoms. The predicted molar refractivity (Wildman–Crippen MR) is 160 cm³/mol. The summed E-state index contributed by atoms with van der Waals surface area (Å²) >= 11 is 0. The van der Waals surface area contributed by atoms with Crippen LogP contribution in [0, 0.1) is 11.8 Å². The fourth-order valence-electron chi connectivity index (χ4n) is 6.52. The molecule has 0 radical (unpaired) electrons. The van der Waals surface area contributed by atoms with Gasteiger partial charge in [0.05, 0.1) is 11.7 Å². The molecule has 0 spiro atoms. The highest BCUT2D eigenvalue weighted by Gasteiger charge is 2.65. The maximum atomic E-state index is 13.7. The van der Waals surface area contributed by atoms with Crippen molar-refractivity contribution in [2.24, 2.45) is 11.8 Å². The van der Waals surface area contributed by atoms with Gasteiger partial charge in [-0.3, -0.25) is 9.69 Å². The van der Waals surface area contributed by atoms with Crippen LogP contribution in [0.15, 0.2) is 127 Å². The Morgan fingerprint density at radius 2 is 1.36 bits per heavy atom. The molecule has 42 heavy (non-hydrogen) atoms. The molecule has 7 heteroatoms. The van der Waals surface area contributed by atoms with Gasteiger partial charge in [0.1, 0.15) is 5.70 Å². The van der Waals surface area contributed by atoms with Gasteiger partial charge in [0.25, 0.3) is 0 Å². The first-order valence-corrected chi connectivity index (χ1v) is 15.9. The average Bonchev–Trinajstić information content (AvgIpc) is 3.81. The summed E-state index contributed by atoms with van der Waals surface area (Å²) in [5, 5.41) is -1.05. The number of nitrogens with zero attached hydrogens (tertiary/aromatic N) is 1. The molecule has 4 atom stereocenters. The summed E-state index contributed by atoms with van der Waals surface area (Å²) < 4.78 is 32.6. The molecule has 2 fully saturated rings. The second-order valence-electron chi connectivity index (χ2n) is 11.1. The number of hydrogen-bond acceptors (Lipinski definition) is 5. The largest absolute Gasteiger partial charge is 0.448 e. The van der Waals surface area contributed by atoms with E-state index in [2.05, 4.69) is 24.3 Å². The van der Waals surface area contributed by atoms with Crippen LogP contribution in [0.4, 0.5) is 0 Å². The molecule has 2 aliphatic heterocycles. The lowest BCUT2D eigenvalue weighted by atomic mass is 9.87. The Kier molecular flexibility index (Phi) is 6.54. The second kappa shape index (κ2) is 10.4. The van der Waals surface area contributed by atoms with E-state index < -0.39 is 33.2 Å². The van der Waals surface area contributed by atoms with E-state index in [-0.39, 0.29) is 29.2 Å². The van der Waals surface area contributed by atoms with Crippen LogP contribution in [-0.2, 0) is 24.2 Å². The summed E-state index contributed by atoms with van der Waals surface area (Å²) in [5.74, 6) is -2.04. The highest BCUT2D eigenvalue weighted by Crippen LogP contribution is 2.59. The lowest BCUT2D eigenvalue weighted by Crippen LogP contribution is -2.67. The number of carbonyl (C=O) groups is 2. The van der Waals surface area contributed by atoms with Gasteiger partial charge in [-0.05, 0) is 52.1 Å². The van der Waals surface area contributed by atoms with Gasteiger partial charge in [0.2, 0.25) is 5.91 Å². The van der Waals surface area contributed by atoms with Crippen LogP contribution < -0.4 is 0 Å². The fourth-order valence-corrected chi connectivity index (χ4v) is 8.41. The molecule has 1 saturated carbocycles. The zero-order valence-electron chi connectivity index (χ0n) is 22.7. The number of β-lactam (4-membered cyclic amide) rings is 1. The number of ether oxygens (including phenoxy) is 1. The van der Waals surface area contributed by atoms with Crippen molar-refractivity contribution >= 4 is 21.7 Å². The molecule has 210 valence electrons. The minimum absolute atomic E-state index is 0.00910. The van der Waals surface area contributed by atoms with Gasteiger partial charge < -0.3 is 4.74 Å².